The van der Waals surface area contributed by atoms with Crippen LogP contribution in [0.2, 0.25) is 0 Å². The SMILES string of the molecule is CCCCCC(=O)Nc1c(C)cc(S(N)(=O)=O)cc1C. The summed E-state index contributed by atoms with van der Waals surface area (Å²) in [4.78, 5) is 11.9. The highest BCUT2D eigenvalue weighted by atomic mass is 32.2. The summed E-state index contributed by atoms with van der Waals surface area (Å²) in [6.45, 7) is 5.59. The van der Waals surface area contributed by atoms with Crippen LogP contribution in [0, 0.1) is 13.8 Å². The van der Waals surface area contributed by atoms with Gasteiger partial charge in [-0.25, -0.2) is 13.6 Å². The van der Waals surface area contributed by atoms with Crippen LogP contribution in [0.3, 0.4) is 0 Å². The van der Waals surface area contributed by atoms with E-state index in [1.165, 1.54) is 12.1 Å². The van der Waals surface area contributed by atoms with Gasteiger partial charge in [-0.05, 0) is 43.5 Å². The molecule has 1 aromatic carbocycles. The van der Waals surface area contributed by atoms with Gasteiger partial charge in [0.15, 0.2) is 0 Å². The van der Waals surface area contributed by atoms with Gasteiger partial charge in [-0.3, -0.25) is 4.79 Å². The smallest absolute Gasteiger partial charge is 0.238 e. The van der Waals surface area contributed by atoms with Crippen molar-refractivity contribution in [2.24, 2.45) is 5.14 Å². The van der Waals surface area contributed by atoms with E-state index in [1.54, 1.807) is 13.8 Å². The maximum absolute atomic E-state index is 11.8. The number of rotatable bonds is 6. The van der Waals surface area contributed by atoms with Crippen molar-refractivity contribution in [3.63, 3.8) is 0 Å². The van der Waals surface area contributed by atoms with E-state index in [-0.39, 0.29) is 10.8 Å². The van der Waals surface area contributed by atoms with Crippen molar-refractivity contribution in [3.8, 4) is 0 Å². The minimum atomic E-state index is -3.72. The number of sulfonamides is 1. The van der Waals surface area contributed by atoms with Gasteiger partial charge in [0.2, 0.25) is 15.9 Å². The Morgan fingerprint density at radius 3 is 2.20 bits per heavy atom. The van der Waals surface area contributed by atoms with Gasteiger partial charge >= 0.3 is 0 Å². The van der Waals surface area contributed by atoms with Crippen LogP contribution < -0.4 is 10.5 Å². The van der Waals surface area contributed by atoms with Gasteiger partial charge < -0.3 is 5.32 Å². The van der Waals surface area contributed by atoms with Crippen LogP contribution in [0.5, 0.6) is 0 Å². The highest BCUT2D eigenvalue weighted by molar-refractivity contribution is 7.89. The summed E-state index contributed by atoms with van der Waals surface area (Å²) in [6, 6.07) is 2.95. The van der Waals surface area contributed by atoms with E-state index in [9.17, 15) is 13.2 Å². The molecule has 0 unspecified atom stereocenters. The molecule has 0 saturated carbocycles. The molecule has 1 amide bonds. The summed E-state index contributed by atoms with van der Waals surface area (Å²) < 4.78 is 22.7. The molecule has 0 aliphatic heterocycles. The van der Waals surface area contributed by atoms with E-state index in [1.807, 2.05) is 0 Å². The van der Waals surface area contributed by atoms with Crippen molar-refractivity contribution in [3.05, 3.63) is 23.3 Å². The number of nitrogens with two attached hydrogens (primary N) is 1. The van der Waals surface area contributed by atoms with Crippen molar-refractivity contribution >= 4 is 21.6 Å². The first-order valence-corrected chi connectivity index (χ1v) is 8.24. The highest BCUT2D eigenvalue weighted by Gasteiger charge is 2.14. The lowest BCUT2D eigenvalue weighted by molar-refractivity contribution is -0.116. The Bertz CT molecular complexity index is 571. The number of unbranched alkanes of at least 4 members (excludes halogenated alkanes) is 2. The second-order valence-corrected chi connectivity index (χ2v) is 6.54. The fraction of sp³-hybridized carbons (Fsp3) is 0.500. The fourth-order valence-corrected chi connectivity index (χ4v) is 2.70. The average molecular weight is 298 g/mol. The molecule has 20 heavy (non-hydrogen) atoms. The maximum Gasteiger partial charge on any atom is 0.238 e. The second kappa shape index (κ2) is 6.85. The lowest BCUT2D eigenvalue weighted by Crippen LogP contribution is -2.16. The number of hydrogen-bond donors (Lipinski definition) is 2. The van der Waals surface area contributed by atoms with Crippen LogP contribution >= 0.6 is 0 Å². The lowest BCUT2D eigenvalue weighted by atomic mass is 10.1. The Hall–Kier alpha value is -1.40. The molecule has 0 aliphatic rings. The van der Waals surface area contributed by atoms with Gasteiger partial charge in [0, 0.05) is 12.1 Å². The third-order valence-corrected chi connectivity index (χ3v) is 4.00. The first-order chi connectivity index (χ1) is 9.25. The zero-order valence-corrected chi connectivity index (χ0v) is 13.0. The third-order valence-electron chi connectivity index (χ3n) is 3.11. The monoisotopic (exact) mass is 298 g/mol. The maximum atomic E-state index is 11.8. The molecule has 0 radical (unpaired) electrons. The molecule has 0 spiro atoms. The zero-order chi connectivity index (χ0) is 15.3. The molecule has 0 aromatic heterocycles. The van der Waals surface area contributed by atoms with Crippen LogP contribution in [-0.4, -0.2) is 14.3 Å². The molecule has 112 valence electrons. The second-order valence-electron chi connectivity index (χ2n) is 4.98. The normalized spacial score (nSPS) is 11.4. The topological polar surface area (TPSA) is 89.3 Å². The number of nitrogens with one attached hydrogen (secondary N) is 1. The van der Waals surface area contributed by atoms with Crippen molar-refractivity contribution in [2.75, 3.05) is 5.32 Å². The molecule has 3 N–H and O–H groups in total. The Balaban J connectivity index is 2.90. The summed E-state index contributed by atoms with van der Waals surface area (Å²) in [6.07, 6.45) is 3.42. The van der Waals surface area contributed by atoms with Crippen LogP contribution in [0.1, 0.15) is 43.7 Å². The van der Waals surface area contributed by atoms with Gasteiger partial charge in [-0.15, -0.1) is 0 Å². The minimum Gasteiger partial charge on any atom is -0.326 e. The quantitative estimate of drug-likeness (QED) is 0.791. The lowest BCUT2D eigenvalue weighted by Gasteiger charge is -2.13. The van der Waals surface area contributed by atoms with E-state index in [0.717, 1.165) is 19.3 Å². The number of aryl methyl sites for hydroxylation is 2. The highest BCUT2D eigenvalue weighted by Crippen LogP contribution is 2.24. The molecule has 0 aliphatic carbocycles. The van der Waals surface area contributed by atoms with Crippen molar-refractivity contribution < 1.29 is 13.2 Å². The van der Waals surface area contributed by atoms with Crippen LogP contribution in [-0.2, 0) is 14.8 Å². The van der Waals surface area contributed by atoms with Crippen LogP contribution in [0.15, 0.2) is 17.0 Å². The molecule has 0 heterocycles. The molecule has 0 bridgehead atoms. The largest absolute Gasteiger partial charge is 0.326 e. The van der Waals surface area contributed by atoms with Crippen molar-refractivity contribution in [1.29, 1.82) is 0 Å². The molecule has 0 saturated heterocycles. The molecule has 1 rings (SSSR count). The first kappa shape index (κ1) is 16.7. The number of anilines is 1. The van der Waals surface area contributed by atoms with E-state index < -0.39 is 10.0 Å². The molecule has 0 fully saturated rings. The molecule has 5 nitrogen and oxygen atoms in total. The number of benzene rings is 1. The number of carbonyl (C=O) groups is 1. The predicted molar refractivity (Wildman–Crippen MR) is 80.1 cm³/mol. The molecular formula is C14H22N2O3S. The first-order valence-electron chi connectivity index (χ1n) is 6.69. The van der Waals surface area contributed by atoms with Crippen LogP contribution in [0.4, 0.5) is 5.69 Å². The van der Waals surface area contributed by atoms with Crippen LogP contribution in [0.25, 0.3) is 0 Å². The van der Waals surface area contributed by atoms with Gasteiger partial charge in [0.1, 0.15) is 0 Å². The van der Waals surface area contributed by atoms with E-state index >= 15 is 0 Å². The summed E-state index contributed by atoms with van der Waals surface area (Å²) in [5.41, 5.74) is 2.05. The molecule has 0 atom stereocenters. The third kappa shape index (κ3) is 4.61. The molecule has 1 aromatic rings. The minimum absolute atomic E-state index is 0.0481. The summed E-state index contributed by atoms with van der Waals surface area (Å²) >= 11 is 0. The zero-order valence-electron chi connectivity index (χ0n) is 12.2. The Labute approximate surface area is 120 Å². The Morgan fingerprint density at radius 1 is 1.20 bits per heavy atom. The summed E-state index contributed by atoms with van der Waals surface area (Å²) in [5, 5.41) is 7.95. The predicted octanol–water partition coefficient (Wildman–Crippen LogP) is 2.47. The van der Waals surface area contributed by atoms with E-state index in [4.69, 9.17) is 5.14 Å². The van der Waals surface area contributed by atoms with Crippen molar-refractivity contribution in [2.45, 2.75) is 51.3 Å². The summed E-state index contributed by atoms with van der Waals surface area (Å²) in [5.74, 6) is -0.0481. The van der Waals surface area contributed by atoms with Gasteiger partial charge in [-0.2, -0.15) is 0 Å². The number of carbonyl (C=O) groups excluding carboxylic acids is 1. The molecule has 6 heteroatoms. The Morgan fingerprint density at radius 2 is 1.75 bits per heavy atom. The van der Waals surface area contributed by atoms with Gasteiger partial charge in [0.25, 0.3) is 0 Å². The average Bonchev–Trinajstić information content (AvgIpc) is 2.32. The Kier molecular flexibility index (Phi) is 5.71. The number of hydrogen-bond acceptors (Lipinski definition) is 3. The standard InChI is InChI=1S/C14H22N2O3S/c1-4-5-6-7-13(17)16-14-10(2)8-12(9-11(14)3)20(15,18)19/h8-9H,4-7H2,1-3H3,(H,16,17)(H2,15,18,19). The van der Waals surface area contributed by atoms with Gasteiger partial charge in [0.05, 0.1) is 4.90 Å². The van der Waals surface area contributed by atoms with Crippen molar-refractivity contribution in [1.82, 2.24) is 0 Å². The number of primary sulfonamides is 1. The van der Waals surface area contributed by atoms with E-state index in [2.05, 4.69) is 12.2 Å². The number of amides is 1. The summed E-state index contributed by atoms with van der Waals surface area (Å²) in [7, 11) is -3.72. The fourth-order valence-electron chi connectivity index (χ4n) is 2.02. The molecular weight excluding hydrogens is 276 g/mol. The van der Waals surface area contributed by atoms with E-state index in [0.29, 0.717) is 23.2 Å². The van der Waals surface area contributed by atoms with Gasteiger partial charge in [-0.1, -0.05) is 19.8 Å².